The van der Waals surface area contributed by atoms with E-state index in [0.29, 0.717) is 18.2 Å². The van der Waals surface area contributed by atoms with Crippen molar-refractivity contribution < 1.29 is 4.74 Å². The van der Waals surface area contributed by atoms with Gasteiger partial charge in [-0.05, 0) is 43.2 Å². The highest BCUT2D eigenvalue weighted by molar-refractivity contribution is 5.29. The van der Waals surface area contributed by atoms with Gasteiger partial charge in [0.1, 0.15) is 0 Å². The molecule has 1 aromatic rings. The van der Waals surface area contributed by atoms with Crippen LogP contribution in [0.25, 0.3) is 0 Å². The van der Waals surface area contributed by atoms with Crippen molar-refractivity contribution in [1.29, 1.82) is 0 Å². The fraction of sp³-hybridized carbons (Fsp3) is 0.667. The van der Waals surface area contributed by atoms with E-state index in [1.807, 2.05) is 0 Å². The molecule has 3 unspecified atom stereocenters. The third-order valence-corrected chi connectivity index (χ3v) is 4.25. The van der Waals surface area contributed by atoms with Gasteiger partial charge in [0, 0.05) is 18.7 Å². The Morgan fingerprint density at radius 2 is 1.85 bits per heavy atom. The van der Waals surface area contributed by atoms with Crippen LogP contribution in [0.1, 0.15) is 64.6 Å². The predicted octanol–water partition coefficient (Wildman–Crippen LogP) is 4.20. The molecule has 0 radical (unpaired) electrons. The highest BCUT2D eigenvalue weighted by Gasteiger charge is 2.21. The summed E-state index contributed by atoms with van der Waals surface area (Å²) in [5.74, 6) is 0. The van der Waals surface area contributed by atoms with Crippen molar-refractivity contribution in [2.24, 2.45) is 0 Å². The van der Waals surface area contributed by atoms with Crippen LogP contribution in [0.4, 0.5) is 0 Å². The van der Waals surface area contributed by atoms with E-state index in [1.54, 1.807) is 0 Å². The fourth-order valence-electron chi connectivity index (χ4n) is 2.87. The predicted molar refractivity (Wildman–Crippen MR) is 85.1 cm³/mol. The van der Waals surface area contributed by atoms with Gasteiger partial charge in [0.05, 0.1) is 6.10 Å². The van der Waals surface area contributed by atoms with Crippen LogP contribution in [0, 0.1) is 0 Å². The van der Waals surface area contributed by atoms with Crippen molar-refractivity contribution in [2.45, 2.75) is 71.1 Å². The van der Waals surface area contributed by atoms with Crippen LogP contribution in [-0.4, -0.2) is 18.8 Å². The van der Waals surface area contributed by atoms with E-state index in [-0.39, 0.29) is 5.41 Å². The van der Waals surface area contributed by atoms with E-state index in [2.05, 4.69) is 64.2 Å². The second-order valence-electron chi connectivity index (χ2n) is 7.16. The molecular formula is C18H29NO. The van der Waals surface area contributed by atoms with Crippen LogP contribution in [0.2, 0.25) is 0 Å². The molecule has 0 aliphatic carbocycles. The Morgan fingerprint density at radius 3 is 2.40 bits per heavy atom. The van der Waals surface area contributed by atoms with E-state index in [1.165, 1.54) is 11.1 Å². The van der Waals surface area contributed by atoms with Gasteiger partial charge in [-0.1, -0.05) is 45.0 Å². The molecule has 20 heavy (non-hydrogen) atoms. The Kier molecular flexibility index (Phi) is 4.87. The zero-order valence-electron chi connectivity index (χ0n) is 13.6. The van der Waals surface area contributed by atoms with E-state index >= 15 is 0 Å². The van der Waals surface area contributed by atoms with Crippen LogP contribution in [0.5, 0.6) is 0 Å². The standard InChI is InChI=1S/C18H29NO/c1-13-12-17(10-11-20-13)19-14(2)15-6-8-16(9-7-15)18(3,4)5/h6-9,13-14,17,19H,10-12H2,1-5H3. The summed E-state index contributed by atoms with van der Waals surface area (Å²) in [5, 5.41) is 3.74. The lowest BCUT2D eigenvalue weighted by atomic mass is 9.86. The first kappa shape index (κ1) is 15.5. The highest BCUT2D eigenvalue weighted by atomic mass is 16.5. The first-order valence-corrected chi connectivity index (χ1v) is 7.84. The van der Waals surface area contributed by atoms with E-state index in [9.17, 15) is 0 Å². The van der Waals surface area contributed by atoms with Crippen molar-refractivity contribution in [2.75, 3.05) is 6.61 Å². The summed E-state index contributed by atoms with van der Waals surface area (Å²) in [6, 6.07) is 10.0. The highest BCUT2D eigenvalue weighted by Crippen LogP contribution is 2.24. The Morgan fingerprint density at radius 1 is 1.20 bits per heavy atom. The van der Waals surface area contributed by atoms with Gasteiger partial charge in [-0.25, -0.2) is 0 Å². The lowest BCUT2D eigenvalue weighted by molar-refractivity contribution is 0.0116. The minimum atomic E-state index is 0.228. The monoisotopic (exact) mass is 275 g/mol. The molecule has 112 valence electrons. The SMILES string of the molecule is CC1CC(NC(C)c2ccc(C(C)(C)C)cc2)CCO1. The largest absolute Gasteiger partial charge is 0.378 e. The summed E-state index contributed by atoms with van der Waals surface area (Å²) < 4.78 is 5.61. The molecule has 2 heteroatoms. The molecule has 1 heterocycles. The summed E-state index contributed by atoms with van der Waals surface area (Å²) in [7, 11) is 0. The molecule has 2 nitrogen and oxygen atoms in total. The quantitative estimate of drug-likeness (QED) is 0.892. The normalized spacial score (nSPS) is 25.4. The topological polar surface area (TPSA) is 21.3 Å². The molecular weight excluding hydrogens is 246 g/mol. The number of hydrogen-bond acceptors (Lipinski definition) is 2. The molecule has 1 aliphatic rings. The van der Waals surface area contributed by atoms with Gasteiger partial charge in [-0.2, -0.15) is 0 Å². The maximum Gasteiger partial charge on any atom is 0.0561 e. The summed E-state index contributed by atoms with van der Waals surface area (Å²) in [5.41, 5.74) is 3.00. The maximum atomic E-state index is 5.61. The van der Waals surface area contributed by atoms with Crippen LogP contribution in [-0.2, 0) is 10.2 Å². The Labute approximate surface area is 123 Å². The van der Waals surface area contributed by atoms with Gasteiger partial charge in [0.2, 0.25) is 0 Å². The van der Waals surface area contributed by atoms with Crippen molar-refractivity contribution in [3.05, 3.63) is 35.4 Å². The molecule has 1 saturated heterocycles. The Hall–Kier alpha value is -0.860. The zero-order valence-corrected chi connectivity index (χ0v) is 13.6. The van der Waals surface area contributed by atoms with E-state index < -0.39 is 0 Å². The van der Waals surface area contributed by atoms with Crippen LogP contribution in [0.15, 0.2) is 24.3 Å². The van der Waals surface area contributed by atoms with Crippen LogP contribution < -0.4 is 5.32 Å². The summed E-state index contributed by atoms with van der Waals surface area (Å²) in [6.45, 7) is 12.1. The number of rotatable bonds is 3. The van der Waals surface area contributed by atoms with Gasteiger partial charge in [-0.15, -0.1) is 0 Å². The molecule has 1 N–H and O–H groups in total. The van der Waals surface area contributed by atoms with Crippen molar-refractivity contribution >= 4 is 0 Å². The van der Waals surface area contributed by atoms with Gasteiger partial charge >= 0.3 is 0 Å². The second kappa shape index (κ2) is 6.28. The van der Waals surface area contributed by atoms with Crippen molar-refractivity contribution in [1.82, 2.24) is 5.32 Å². The minimum absolute atomic E-state index is 0.228. The average molecular weight is 275 g/mol. The molecule has 0 spiro atoms. The maximum absolute atomic E-state index is 5.61. The van der Waals surface area contributed by atoms with Gasteiger partial charge in [0.15, 0.2) is 0 Å². The van der Waals surface area contributed by atoms with Crippen molar-refractivity contribution in [3.8, 4) is 0 Å². The Bertz CT molecular complexity index is 418. The van der Waals surface area contributed by atoms with Crippen LogP contribution >= 0.6 is 0 Å². The molecule has 1 aromatic carbocycles. The van der Waals surface area contributed by atoms with E-state index in [4.69, 9.17) is 4.74 Å². The molecule has 1 aliphatic heterocycles. The van der Waals surface area contributed by atoms with Gasteiger partial charge in [-0.3, -0.25) is 0 Å². The molecule has 3 atom stereocenters. The average Bonchev–Trinajstić information content (AvgIpc) is 2.38. The number of nitrogens with one attached hydrogen (secondary N) is 1. The lowest BCUT2D eigenvalue weighted by Gasteiger charge is -2.30. The number of ether oxygens (including phenoxy) is 1. The van der Waals surface area contributed by atoms with Crippen molar-refractivity contribution in [3.63, 3.8) is 0 Å². The van der Waals surface area contributed by atoms with Crippen LogP contribution in [0.3, 0.4) is 0 Å². The molecule has 0 bridgehead atoms. The smallest absolute Gasteiger partial charge is 0.0561 e. The molecule has 0 saturated carbocycles. The lowest BCUT2D eigenvalue weighted by Crippen LogP contribution is -2.39. The summed E-state index contributed by atoms with van der Waals surface area (Å²) >= 11 is 0. The second-order valence-corrected chi connectivity index (χ2v) is 7.16. The molecule has 1 fully saturated rings. The fourth-order valence-corrected chi connectivity index (χ4v) is 2.87. The Balaban J connectivity index is 1.97. The first-order chi connectivity index (χ1) is 9.36. The third kappa shape index (κ3) is 4.07. The molecule has 2 rings (SSSR count). The third-order valence-electron chi connectivity index (χ3n) is 4.25. The molecule has 0 amide bonds. The summed E-state index contributed by atoms with van der Waals surface area (Å²) in [4.78, 5) is 0. The summed E-state index contributed by atoms with van der Waals surface area (Å²) in [6.07, 6.45) is 2.62. The number of benzene rings is 1. The first-order valence-electron chi connectivity index (χ1n) is 7.84. The number of hydrogen-bond donors (Lipinski definition) is 1. The zero-order chi connectivity index (χ0) is 14.8. The van der Waals surface area contributed by atoms with Gasteiger partial charge in [0.25, 0.3) is 0 Å². The van der Waals surface area contributed by atoms with E-state index in [0.717, 1.165) is 19.4 Å². The van der Waals surface area contributed by atoms with Gasteiger partial charge < -0.3 is 10.1 Å². The molecule has 0 aromatic heterocycles. The minimum Gasteiger partial charge on any atom is -0.378 e.